The summed E-state index contributed by atoms with van der Waals surface area (Å²) in [5.74, 6) is 0.321. The van der Waals surface area contributed by atoms with E-state index in [4.69, 9.17) is 11.6 Å². The second-order valence-electron chi connectivity index (χ2n) is 4.35. The summed E-state index contributed by atoms with van der Waals surface area (Å²) in [5, 5.41) is 5.20. The lowest BCUT2D eigenvalue weighted by Gasteiger charge is -2.20. The number of carbonyl (C=O) groups excluding carboxylic acids is 1. The lowest BCUT2D eigenvalue weighted by atomic mass is 9.82. The van der Waals surface area contributed by atoms with Crippen molar-refractivity contribution < 1.29 is 4.79 Å². The Labute approximate surface area is 98.6 Å². The molecule has 0 aliphatic carbocycles. The quantitative estimate of drug-likeness (QED) is 0.884. The predicted octanol–water partition coefficient (Wildman–Crippen LogP) is 2.51. The molecule has 15 heavy (non-hydrogen) atoms. The fraction of sp³-hybridized carbons (Fsp3) is 0.545. The molecule has 0 saturated carbocycles. The van der Waals surface area contributed by atoms with Gasteiger partial charge in [-0.2, -0.15) is 0 Å². The van der Waals surface area contributed by atoms with Crippen molar-refractivity contribution in [1.82, 2.24) is 5.32 Å². The van der Waals surface area contributed by atoms with Gasteiger partial charge in [-0.1, -0.05) is 18.5 Å². The lowest BCUT2D eigenvalue weighted by Crippen LogP contribution is -2.31. The Morgan fingerprint density at radius 3 is 3.07 bits per heavy atom. The molecule has 2 rings (SSSR count). The van der Waals surface area contributed by atoms with Crippen LogP contribution >= 0.6 is 22.9 Å². The van der Waals surface area contributed by atoms with Crippen molar-refractivity contribution in [2.45, 2.75) is 19.8 Å². The molecule has 4 heteroatoms. The molecule has 1 N–H and O–H groups in total. The van der Waals surface area contributed by atoms with Gasteiger partial charge < -0.3 is 5.32 Å². The van der Waals surface area contributed by atoms with Crippen molar-refractivity contribution >= 4 is 28.7 Å². The SMILES string of the molecule is CC1(C(=O)Cc2csc(Cl)c2)CCNC1. The van der Waals surface area contributed by atoms with Crippen molar-refractivity contribution in [2.75, 3.05) is 13.1 Å². The number of halogens is 1. The molecule has 82 valence electrons. The van der Waals surface area contributed by atoms with E-state index >= 15 is 0 Å². The molecule has 0 radical (unpaired) electrons. The number of hydrogen-bond acceptors (Lipinski definition) is 3. The Bertz CT molecular complexity index is 368. The van der Waals surface area contributed by atoms with Crippen LogP contribution in [0.2, 0.25) is 4.34 Å². The molecule has 0 bridgehead atoms. The third-order valence-electron chi connectivity index (χ3n) is 3.03. The second-order valence-corrected chi connectivity index (χ2v) is 5.89. The summed E-state index contributed by atoms with van der Waals surface area (Å²) in [6.07, 6.45) is 1.46. The van der Waals surface area contributed by atoms with Crippen molar-refractivity contribution in [3.63, 3.8) is 0 Å². The van der Waals surface area contributed by atoms with Crippen LogP contribution in [0.15, 0.2) is 11.4 Å². The Kier molecular flexibility index (Phi) is 3.14. The first kappa shape index (κ1) is 11.1. The fourth-order valence-corrected chi connectivity index (χ4v) is 2.80. The number of hydrogen-bond donors (Lipinski definition) is 1. The van der Waals surface area contributed by atoms with Crippen LogP contribution in [0.25, 0.3) is 0 Å². The van der Waals surface area contributed by atoms with Crippen LogP contribution in [0, 0.1) is 5.41 Å². The molecule has 1 aromatic heterocycles. The third-order valence-corrected chi connectivity index (χ3v) is 4.17. The summed E-state index contributed by atoms with van der Waals surface area (Å²) in [7, 11) is 0. The number of thiophene rings is 1. The average Bonchev–Trinajstić information content (AvgIpc) is 2.76. The van der Waals surface area contributed by atoms with Crippen LogP contribution in [0.4, 0.5) is 0 Å². The van der Waals surface area contributed by atoms with Gasteiger partial charge in [0, 0.05) is 18.4 Å². The van der Waals surface area contributed by atoms with E-state index in [0.717, 1.165) is 29.4 Å². The number of Topliss-reactive ketones (excluding diaryl/α,β-unsaturated/α-hetero) is 1. The summed E-state index contributed by atoms with van der Waals surface area (Å²) in [5.41, 5.74) is 0.872. The third kappa shape index (κ3) is 2.41. The summed E-state index contributed by atoms with van der Waals surface area (Å²) in [6.45, 7) is 3.81. The monoisotopic (exact) mass is 243 g/mol. The van der Waals surface area contributed by atoms with Crippen LogP contribution in [0.1, 0.15) is 18.9 Å². The topological polar surface area (TPSA) is 29.1 Å². The zero-order valence-corrected chi connectivity index (χ0v) is 10.3. The smallest absolute Gasteiger partial charge is 0.144 e. The van der Waals surface area contributed by atoms with E-state index in [1.54, 1.807) is 0 Å². The van der Waals surface area contributed by atoms with E-state index in [1.807, 2.05) is 18.4 Å². The predicted molar refractivity (Wildman–Crippen MR) is 63.6 cm³/mol. The highest BCUT2D eigenvalue weighted by molar-refractivity contribution is 7.14. The van der Waals surface area contributed by atoms with Crippen LogP contribution in [-0.4, -0.2) is 18.9 Å². The van der Waals surface area contributed by atoms with Gasteiger partial charge >= 0.3 is 0 Å². The molecule has 0 amide bonds. The molecule has 0 spiro atoms. The largest absolute Gasteiger partial charge is 0.316 e. The summed E-state index contributed by atoms with van der Waals surface area (Å²) >= 11 is 7.32. The molecule has 1 aliphatic heterocycles. The normalized spacial score (nSPS) is 25.7. The molecule has 1 atom stereocenters. The molecule has 1 saturated heterocycles. The van der Waals surface area contributed by atoms with E-state index < -0.39 is 0 Å². The van der Waals surface area contributed by atoms with Gasteiger partial charge in [0.05, 0.1) is 4.34 Å². The van der Waals surface area contributed by atoms with Gasteiger partial charge in [0.25, 0.3) is 0 Å². The molecule has 1 aromatic rings. The molecule has 1 unspecified atom stereocenters. The maximum atomic E-state index is 12.1. The first-order valence-electron chi connectivity index (χ1n) is 5.07. The lowest BCUT2D eigenvalue weighted by molar-refractivity contribution is -0.126. The zero-order valence-electron chi connectivity index (χ0n) is 8.68. The molecule has 2 nitrogen and oxygen atoms in total. The van der Waals surface area contributed by atoms with Crippen molar-refractivity contribution in [1.29, 1.82) is 0 Å². The van der Waals surface area contributed by atoms with Crippen LogP contribution < -0.4 is 5.32 Å². The number of ketones is 1. The van der Waals surface area contributed by atoms with E-state index in [1.165, 1.54) is 11.3 Å². The first-order chi connectivity index (χ1) is 7.10. The molecular weight excluding hydrogens is 230 g/mol. The van der Waals surface area contributed by atoms with E-state index in [9.17, 15) is 4.79 Å². The Morgan fingerprint density at radius 2 is 2.53 bits per heavy atom. The van der Waals surface area contributed by atoms with Crippen LogP contribution in [0.3, 0.4) is 0 Å². The summed E-state index contributed by atoms with van der Waals surface area (Å²) < 4.78 is 0.757. The Hall–Kier alpha value is -0.380. The van der Waals surface area contributed by atoms with Gasteiger partial charge in [0.2, 0.25) is 0 Å². The number of rotatable bonds is 3. The van der Waals surface area contributed by atoms with E-state index in [0.29, 0.717) is 12.2 Å². The number of carbonyl (C=O) groups is 1. The first-order valence-corrected chi connectivity index (χ1v) is 6.33. The average molecular weight is 244 g/mol. The maximum absolute atomic E-state index is 12.1. The van der Waals surface area contributed by atoms with Crippen molar-refractivity contribution in [2.24, 2.45) is 5.41 Å². The Morgan fingerprint density at radius 1 is 1.73 bits per heavy atom. The standard InChI is InChI=1S/C11H14ClNOS/c1-11(2-3-13-7-11)9(14)4-8-5-10(12)15-6-8/h5-6,13H,2-4,7H2,1H3. The molecule has 0 aromatic carbocycles. The highest BCUT2D eigenvalue weighted by Gasteiger charge is 2.35. The van der Waals surface area contributed by atoms with Gasteiger partial charge in [0.1, 0.15) is 5.78 Å². The molecule has 1 fully saturated rings. The minimum Gasteiger partial charge on any atom is -0.316 e. The second kappa shape index (κ2) is 4.24. The van der Waals surface area contributed by atoms with E-state index in [-0.39, 0.29) is 5.41 Å². The minimum atomic E-state index is -0.172. The molecule has 1 aliphatic rings. The summed E-state index contributed by atoms with van der Waals surface area (Å²) in [4.78, 5) is 12.1. The Balaban J connectivity index is 2.03. The van der Waals surface area contributed by atoms with Crippen LogP contribution in [-0.2, 0) is 11.2 Å². The highest BCUT2D eigenvalue weighted by Crippen LogP contribution is 2.28. The van der Waals surface area contributed by atoms with Gasteiger partial charge in [0.15, 0.2) is 0 Å². The number of nitrogens with one attached hydrogen (secondary N) is 1. The molecule has 2 heterocycles. The zero-order chi connectivity index (χ0) is 10.9. The minimum absolute atomic E-state index is 0.172. The highest BCUT2D eigenvalue weighted by atomic mass is 35.5. The van der Waals surface area contributed by atoms with Gasteiger partial charge in [-0.3, -0.25) is 4.79 Å². The van der Waals surface area contributed by atoms with Gasteiger partial charge in [-0.25, -0.2) is 0 Å². The molecular formula is C11H14ClNOS. The van der Waals surface area contributed by atoms with Gasteiger partial charge in [-0.15, -0.1) is 11.3 Å². The van der Waals surface area contributed by atoms with E-state index in [2.05, 4.69) is 5.32 Å². The summed E-state index contributed by atoms with van der Waals surface area (Å²) in [6, 6.07) is 1.88. The van der Waals surface area contributed by atoms with Crippen LogP contribution in [0.5, 0.6) is 0 Å². The fourth-order valence-electron chi connectivity index (χ4n) is 1.89. The van der Waals surface area contributed by atoms with Crippen molar-refractivity contribution in [3.8, 4) is 0 Å². The van der Waals surface area contributed by atoms with Gasteiger partial charge in [-0.05, 0) is 30.0 Å². The maximum Gasteiger partial charge on any atom is 0.144 e. The van der Waals surface area contributed by atoms with Crippen molar-refractivity contribution in [3.05, 3.63) is 21.3 Å².